The first kappa shape index (κ1) is 31.3. The van der Waals surface area contributed by atoms with E-state index in [1.165, 1.54) is 109 Å². The van der Waals surface area contributed by atoms with Gasteiger partial charge in [-0.3, -0.25) is 16.0 Å². The fourth-order valence-electron chi connectivity index (χ4n) is 11.9. The number of hydrogen-bond acceptors (Lipinski definition) is 3. The van der Waals surface area contributed by atoms with E-state index in [9.17, 15) is 0 Å². The zero-order chi connectivity index (χ0) is 31.2. The van der Waals surface area contributed by atoms with Crippen LogP contribution in [0.1, 0.15) is 132 Å². The van der Waals surface area contributed by atoms with Gasteiger partial charge in [-0.1, -0.05) is 111 Å². The molecule has 0 amide bonds. The molecule has 9 unspecified atom stereocenters. The van der Waals surface area contributed by atoms with Crippen LogP contribution in [0.15, 0.2) is 71.9 Å². The number of hydrogen-bond donors (Lipinski definition) is 3. The van der Waals surface area contributed by atoms with E-state index < -0.39 is 0 Å². The van der Waals surface area contributed by atoms with E-state index in [1.807, 2.05) is 5.57 Å². The maximum Gasteiger partial charge on any atom is 0.0666 e. The molecule has 0 bridgehead atoms. The topological polar surface area (TPSA) is 36.1 Å². The van der Waals surface area contributed by atoms with Gasteiger partial charge in [0, 0.05) is 17.8 Å². The van der Waals surface area contributed by atoms with Crippen molar-refractivity contribution in [2.75, 3.05) is 0 Å². The standard InChI is InChI=1S/C43H59N3Si/c1-3-11-28(12-4-1)29-19-21-31(22-20-29)41-44-42(32-23-26-40-38(27-32)36-17-9-10-18-39(36)47-40)46-43(45-41)37-25-24-33(30-13-5-2-6-14-30)34-15-7-8-16-35(34)37/h2,5,7-9,13,15-17,27-29,31-33,36-37,39-46H,1,3-4,6,10-12,14,18-26H2/q-1. The van der Waals surface area contributed by atoms with E-state index in [0.717, 1.165) is 44.3 Å². The molecule has 1 radical (unpaired) electrons. The Morgan fingerprint density at radius 3 is 2.28 bits per heavy atom. The lowest BCUT2D eigenvalue weighted by Gasteiger charge is -2.50. The summed E-state index contributed by atoms with van der Waals surface area (Å²) in [5.41, 5.74) is 8.51. The lowest BCUT2D eigenvalue weighted by atomic mass is 9.69. The molecule has 47 heavy (non-hydrogen) atoms. The van der Waals surface area contributed by atoms with Crippen molar-refractivity contribution in [1.82, 2.24) is 16.0 Å². The highest BCUT2D eigenvalue weighted by Gasteiger charge is 2.43. The van der Waals surface area contributed by atoms with Gasteiger partial charge in [0.15, 0.2) is 0 Å². The molecule has 3 N–H and O–H groups in total. The summed E-state index contributed by atoms with van der Waals surface area (Å²) in [6, 6.07) is 9.56. The van der Waals surface area contributed by atoms with Gasteiger partial charge in [0.05, 0.1) is 18.5 Å². The average Bonchev–Trinajstić information content (AvgIpc) is 3.53. The van der Waals surface area contributed by atoms with Gasteiger partial charge in [-0.15, -0.1) is 5.57 Å². The van der Waals surface area contributed by atoms with Gasteiger partial charge >= 0.3 is 0 Å². The maximum atomic E-state index is 4.30. The highest BCUT2D eigenvalue weighted by molar-refractivity contribution is 6.43. The van der Waals surface area contributed by atoms with Crippen molar-refractivity contribution >= 4 is 9.52 Å². The second-order valence-electron chi connectivity index (χ2n) is 16.8. The Morgan fingerprint density at radius 1 is 0.638 bits per heavy atom. The van der Waals surface area contributed by atoms with E-state index in [2.05, 4.69) is 76.7 Å². The van der Waals surface area contributed by atoms with E-state index in [1.54, 1.807) is 16.7 Å². The smallest absolute Gasteiger partial charge is 0.0666 e. The van der Waals surface area contributed by atoms with Crippen LogP contribution in [0.3, 0.4) is 0 Å². The fourth-order valence-corrected chi connectivity index (χ4v) is 14.1. The minimum atomic E-state index is 0.327. The Balaban J connectivity index is 0.980. The largest absolute Gasteiger partial charge is 0.414 e. The normalized spacial score (nSPS) is 42.2. The van der Waals surface area contributed by atoms with Crippen LogP contribution in [0.4, 0.5) is 0 Å². The predicted octanol–water partition coefficient (Wildman–Crippen LogP) is 9.67. The Morgan fingerprint density at radius 2 is 1.43 bits per heavy atom. The molecule has 2 saturated carbocycles. The van der Waals surface area contributed by atoms with Crippen LogP contribution in [0.25, 0.3) is 0 Å². The van der Waals surface area contributed by atoms with Crippen LogP contribution in [-0.2, 0) is 0 Å². The van der Waals surface area contributed by atoms with Gasteiger partial charge < -0.3 is 9.52 Å². The van der Waals surface area contributed by atoms with Gasteiger partial charge in [0.25, 0.3) is 0 Å². The molecule has 0 aromatic heterocycles. The van der Waals surface area contributed by atoms with Crippen LogP contribution in [-0.4, -0.2) is 28.0 Å². The van der Waals surface area contributed by atoms with Gasteiger partial charge in [-0.25, -0.2) is 0 Å². The van der Waals surface area contributed by atoms with E-state index >= 15 is 0 Å². The van der Waals surface area contributed by atoms with Gasteiger partial charge in [-0.05, 0) is 99.0 Å². The Labute approximate surface area is 287 Å². The molecule has 9 rings (SSSR count). The Hall–Kier alpha value is -1.72. The number of allylic oxidation sites excluding steroid dienone is 7. The molecule has 3 nitrogen and oxygen atoms in total. The SMILES string of the molecule is C1=CCCC(C2CCC(C3NC(C4C=C5C(CC4)[Si-]C4CCC=CC54)NC(C4CCC(C5CCCCC5)CC4)N3)c3ccccc32)=C1. The highest BCUT2D eigenvalue weighted by atomic mass is 28.2. The van der Waals surface area contributed by atoms with Crippen molar-refractivity contribution in [2.24, 2.45) is 29.6 Å². The van der Waals surface area contributed by atoms with Crippen molar-refractivity contribution in [3.05, 3.63) is 83.0 Å². The summed E-state index contributed by atoms with van der Waals surface area (Å²) in [5, 5.41) is 12.9. The summed E-state index contributed by atoms with van der Waals surface area (Å²) in [5.74, 6) is 5.21. The molecule has 0 spiro atoms. The molecular formula is C43H59N3Si-. The third-order valence-corrected chi connectivity index (χ3v) is 16.5. The highest BCUT2D eigenvalue weighted by Crippen LogP contribution is 2.53. The predicted molar refractivity (Wildman–Crippen MR) is 196 cm³/mol. The molecule has 1 aromatic rings. The van der Waals surface area contributed by atoms with Gasteiger partial charge in [-0.2, -0.15) is 11.1 Å². The molecule has 6 aliphatic carbocycles. The van der Waals surface area contributed by atoms with Crippen LogP contribution in [0.2, 0.25) is 11.1 Å². The Bertz CT molecular complexity index is 1380. The number of nitrogens with one attached hydrogen (secondary N) is 3. The second kappa shape index (κ2) is 13.9. The molecule has 2 heterocycles. The van der Waals surface area contributed by atoms with E-state index in [0.29, 0.717) is 36.3 Å². The monoisotopic (exact) mass is 645 g/mol. The number of benzene rings is 1. The number of fused-ring (bicyclic) bond motifs is 4. The third-order valence-electron chi connectivity index (χ3n) is 14.4. The average molecular weight is 646 g/mol. The maximum absolute atomic E-state index is 4.30. The lowest BCUT2D eigenvalue weighted by Crippen LogP contribution is -2.72. The molecule has 8 aliphatic rings. The summed E-state index contributed by atoms with van der Waals surface area (Å²) < 4.78 is 0. The second-order valence-corrected chi connectivity index (χ2v) is 18.6. The van der Waals surface area contributed by atoms with Gasteiger partial charge in [0.2, 0.25) is 0 Å². The molecular weight excluding hydrogens is 587 g/mol. The number of rotatable bonds is 5. The first-order valence-corrected chi connectivity index (χ1v) is 21.3. The van der Waals surface area contributed by atoms with Crippen molar-refractivity contribution < 1.29 is 0 Å². The van der Waals surface area contributed by atoms with Crippen molar-refractivity contribution in [3.63, 3.8) is 0 Å². The van der Waals surface area contributed by atoms with Crippen LogP contribution in [0, 0.1) is 29.6 Å². The van der Waals surface area contributed by atoms with E-state index in [-0.39, 0.29) is 0 Å². The quantitative estimate of drug-likeness (QED) is 0.220. The lowest BCUT2D eigenvalue weighted by molar-refractivity contribution is 0.0754. The summed E-state index contributed by atoms with van der Waals surface area (Å²) in [4.78, 5) is 0. The molecule has 9 atom stereocenters. The minimum absolute atomic E-state index is 0.327. The summed E-state index contributed by atoms with van der Waals surface area (Å²) in [6.07, 6.45) is 39.7. The molecule has 4 fully saturated rings. The summed E-state index contributed by atoms with van der Waals surface area (Å²) >= 11 is 0. The van der Waals surface area contributed by atoms with Crippen LogP contribution >= 0.6 is 0 Å². The Kier molecular flexibility index (Phi) is 9.24. The zero-order valence-electron chi connectivity index (χ0n) is 28.7. The van der Waals surface area contributed by atoms with E-state index in [4.69, 9.17) is 0 Å². The minimum Gasteiger partial charge on any atom is -0.414 e. The van der Waals surface area contributed by atoms with Crippen molar-refractivity contribution in [2.45, 2.75) is 151 Å². The molecule has 4 heteroatoms. The molecule has 1 aromatic carbocycles. The van der Waals surface area contributed by atoms with Crippen LogP contribution < -0.4 is 16.0 Å². The molecule has 2 saturated heterocycles. The third kappa shape index (κ3) is 6.28. The summed E-state index contributed by atoms with van der Waals surface area (Å²) in [6.45, 7) is 0. The molecule has 2 aliphatic heterocycles. The first-order chi connectivity index (χ1) is 23.3. The first-order valence-electron chi connectivity index (χ1n) is 20.2. The fraction of sp³-hybridized carbons (Fsp3) is 0.674. The van der Waals surface area contributed by atoms with Crippen molar-refractivity contribution in [3.8, 4) is 0 Å². The van der Waals surface area contributed by atoms with Crippen LogP contribution in [0.5, 0.6) is 0 Å². The zero-order valence-corrected chi connectivity index (χ0v) is 29.7. The van der Waals surface area contributed by atoms with Gasteiger partial charge in [0.1, 0.15) is 0 Å². The summed E-state index contributed by atoms with van der Waals surface area (Å²) in [7, 11) is 1.16. The van der Waals surface area contributed by atoms with Crippen molar-refractivity contribution in [1.29, 1.82) is 0 Å². The molecule has 251 valence electrons.